The monoisotopic (exact) mass is 277 g/mol. The van der Waals surface area contributed by atoms with Gasteiger partial charge in [0.1, 0.15) is 0 Å². The highest BCUT2D eigenvalue weighted by Crippen LogP contribution is 2.24. The molecular weight excluding hydrogens is 258 g/mol. The summed E-state index contributed by atoms with van der Waals surface area (Å²) in [5.74, 6) is 0. The summed E-state index contributed by atoms with van der Waals surface area (Å²) in [5.41, 5.74) is 3.59. The highest BCUT2D eigenvalue weighted by Gasteiger charge is 2.09. The van der Waals surface area contributed by atoms with Crippen molar-refractivity contribution in [2.75, 3.05) is 13.6 Å². The second-order valence-corrected chi connectivity index (χ2v) is 4.44. The summed E-state index contributed by atoms with van der Waals surface area (Å²) in [4.78, 5) is 0. The number of aliphatic hydroxyl groups excluding tert-OH is 1. The van der Waals surface area contributed by atoms with Gasteiger partial charge in [0.15, 0.2) is 0 Å². The average molecular weight is 278 g/mol. The molecule has 0 bridgehead atoms. The first-order chi connectivity index (χ1) is 8.81. The van der Waals surface area contributed by atoms with E-state index in [0.717, 1.165) is 0 Å². The first-order valence-electron chi connectivity index (χ1n) is 6.27. The zero-order valence-corrected chi connectivity index (χ0v) is 11.9. The number of hydrogen-bond donors (Lipinski definition) is 2. The van der Waals surface area contributed by atoms with E-state index in [1.807, 2.05) is 37.4 Å². The van der Waals surface area contributed by atoms with Crippen LogP contribution in [0.25, 0.3) is 11.1 Å². The molecular formula is C16H20ClNO. The molecule has 0 aliphatic rings. The van der Waals surface area contributed by atoms with Gasteiger partial charge in [0.25, 0.3) is 0 Å². The van der Waals surface area contributed by atoms with Crippen molar-refractivity contribution in [3.8, 4) is 11.1 Å². The highest BCUT2D eigenvalue weighted by atomic mass is 35.5. The molecule has 2 rings (SSSR count). The zero-order valence-electron chi connectivity index (χ0n) is 11.0. The van der Waals surface area contributed by atoms with Gasteiger partial charge in [0, 0.05) is 13.0 Å². The van der Waals surface area contributed by atoms with Crippen molar-refractivity contribution in [3.05, 3.63) is 60.2 Å². The van der Waals surface area contributed by atoms with Crippen LogP contribution < -0.4 is 5.32 Å². The summed E-state index contributed by atoms with van der Waals surface area (Å²) in [7, 11) is 1.85. The van der Waals surface area contributed by atoms with Gasteiger partial charge in [-0.15, -0.1) is 12.4 Å². The smallest absolute Gasteiger partial charge is 0.0704 e. The summed E-state index contributed by atoms with van der Waals surface area (Å²) in [6.07, 6.45) is 0.325. The molecule has 0 saturated carbocycles. The van der Waals surface area contributed by atoms with Crippen LogP contribution in [0.5, 0.6) is 0 Å². The molecule has 2 N–H and O–H groups in total. The molecule has 19 heavy (non-hydrogen) atoms. The van der Waals surface area contributed by atoms with Crippen molar-refractivity contribution in [1.82, 2.24) is 5.32 Å². The number of benzene rings is 2. The number of hydrogen-bond acceptors (Lipinski definition) is 2. The molecule has 0 aromatic heterocycles. The Morgan fingerprint density at radius 3 is 2.32 bits per heavy atom. The van der Waals surface area contributed by atoms with E-state index in [9.17, 15) is 5.11 Å². The van der Waals surface area contributed by atoms with Crippen LogP contribution in [0.2, 0.25) is 0 Å². The summed E-state index contributed by atoms with van der Waals surface area (Å²) in [5, 5.41) is 12.9. The normalized spacial score (nSPS) is 11.7. The highest BCUT2D eigenvalue weighted by molar-refractivity contribution is 5.85. The summed E-state index contributed by atoms with van der Waals surface area (Å²) in [6, 6.07) is 18.5. The topological polar surface area (TPSA) is 32.3 Å². The number of halogens is 1. The minimum Gasteiger partial charge on any atom is -0.391 e. The van der Waals surface area contributed by atoms with Gasteiger partial charge in [-0.25, -0.2) is 0 Å². The van der Waals surface area contributed by atoms with Crippen molar-refractivity contribution >= 4 is 12.4 Å². The second-order valence-electron chi connectivity index (χ2n) is 4.44. The van der Waals surface area contributed by atoms with Gasteiger partial charge in [-0.3, -0.25) is 0 Å². The van der Waals surface area contributed by atoms with Crippen molar-refractivity contribution < 1.29 is 5.11 Å². The van der Waals surface area contributed by atoms with Crippen molar-refractivity contribution in [1.29, 1.82) is 0 Å². The third-order valence-corrected chi connectivity index (χ3v) is 3.00. The van der Waals surface area contributed by atoms with Crippen LogP contribution in [0.1, 0.15) is 5.56 Å². The van der Waals surface area contributed by atoms with Gasteiger partial charge in [0.2, 0.25) is 0 Å². The summed E-state index contributed by atoms with van der Waals surface area (Å²) < 4.78 is 0. The third kappa shape index (κ3) is 4.35. The van der Waals surface area contributed by atoms with E-state index in [0.29, 0.717) is 13.0 Å². The first-order valence-corrected chi connectivity index (χ1v) is 6.27. The Bertz CT molecular complexity index is 487. The molecule has 2 nitrogen and oxygen atoms in total. The molecule has 1 atom stereocenters. The van der Waals surface area contributed by atoms with E-state index in [2.05, 4.69) is 29.6 Å². The molecule has 2 aromatic carbocycles. The fraction of sp³-hybridized carbons (Fsp3) is 0.250. The largest absolute Gasteiger partial charge is 0.391 e. The van der Waals surface area contributed by atoms with Crippen LogP contribution in [0.3, 0.4) is 0 Å². The molecule has 2 aromatic rings. The van der Waals surface area contributed by atoms with Gasteiger partial charge in [-0.05, 0) is 23.7 Å². The quantitative estimate of drug-likeness (QED) is 0.881. The van der Waals surface area contributed by atoms with Gasteiger partial charge < -0.3 is 10.4 Å². The van der Waals surface area contributed by atoms with Gasteiger partial charge in [0.05, 0.1) is 6.10 Å². The number of likely N-dealkylation sites (N-methyl/N-ethyl adjacent to an activating group) is 1. The molecule has 0 saturated heterocycles. The first kappa shape index (κ1) is 15.7. The Morgan fingerprint density at radius 2 is 1.63 bits per heavy atom. The molecule has 0 amide bonds. The summed E-state index contributed by atoms with van der Waals surface area (Å²) in [6.45, 7) is 0.614. The van der Waals surface area contributed by atoms with E-state index in [-0.39, 0.29) is 18.5 Å². The predicted molar refractivity (Wildman–Crippen MR) is 82.8 cm³/mol. The standard InChI is InChI=1S/C16H19NO.ClH/c1-17-12-15(18)11-14-9-5-6-10-16(14)13-7-3-2-4-8-13;/h2-10,15,17-18H,11-12H2,1H3;1H. The lowest BCUT2D eigenvalue weighted by atomic mass is 9.96. The maximum Gasteiger partial charge on any atom is 0.0704 e. The van der Waals surface area contributed by atoms with Crippen LogP contribution in [-0.4, -0.2) is 24.8 Å². The minimum absolute atomic E-state index is 0. The lowest BCUT2D eigenvalue weighted by Crippen LogP contribution is -2.25. The maximum absolute atomic E-state index is 9.91. The minimum atomic E-state index is -0.347. The Labute approximate surface area is 120 Å². The second kappa shape index (κ2) is 7.95. The maximum atomic E-state index is 9.91. The molecule has 102 valence electrons. The van der Waals surface area contributed by atoms with Gasteiger partial charge in [-0.1, -0.05) is 54.6 Å². The van der Waals surface area contributed by atoms with Crippen LogP contribution >= 0.6 is 12.4 Å². The van der Waals surface area contributed by atoms with E-state index in [1.54, 1.807) is 0 Å². The van der Waals surface area contributed by atoms with Gasteiger partial charge in [-0.2, -0.15) is 0 Å². The van der Waals surface area contributed by atoms with Crippen LogP contribution in [0.15, 0.2) is 54.6 Å². The number of nitrogens with one attached hydrogen (secondary N) is 1. The van der Waals surface area contributed by atoms with Gasteiger partial charge >= 0.3 is 0 Å². The van der Waals surface area contributed by atoms with E-state index in [1.165, 1.54) is 16.7 Å². The van der Waals surface area contributed by atoms with E-state index >= 15 is 0 Å². The van der Waals surface area contributed by atoms with E-state index < -0.39 is 0 Å². The van der Waals surface area contributed by atoms with E-state index in [4.69, 9.17) is 0 Å². The molecule has 0 heterocycles. The fourth-order valence-corrected chi connectivity index (χ4v) is 2.16. The Morgan fingerprint density at radius 1 is 1.00 bits per heavy atom. The number of aliphatic hydroxyl groups is 1. The Hall–Kier alpha value is -1.35. The SMILES string of the molecule is CNCC(O)Cc1ccccc1-c1ccccc1.Cl. The molecule has 0 radical (unpaired) electrons. The zero-order chi connectivity index (χ0) is 12.8. The van der Waals surface area contributed by atoms with Crippen molar-refractivity contribution in [2.45, 2.75) is 12.5 Å². The Kier molecular flexibility index (Phi) is 6.57. The number of rotatable bonds is 5. The van der Waals surface area contributed by atoms with Crippen LogP contribution in [-0.2, 0) is 6.42 Å². The van der Waals surface area contributed by atoms with Crippen LogP contribution in [0.4, 0.5) is 0 Å². The third-order valence-electron chi connectivity index (χ3n) is 3.00. The summed E-state index contributed by atoms with van der Waals surface area (Å²) >= 11 is 0. The molecule has 3 heteroatoms. The fourth-order valence-electron chi connectivity index (χ4n) is 2.16. The lowest BCUT2D eigenvalue weighted by Gasteiger charge is -2.14. The molecule has 0 aliphatic carbocycles. The average Bonchev–Trinajstić information content (AvgIpc) is 2.40. The Balaban J connectivity index is 0.00000180. The molecule has 1 unspecified atom stereocenters. The van der Waals surface area contributed by atoms with Crippen molar-refractivity contribution in [2.24, 2.45) is 0 Å². The lowest BCUT2D eigenvalue weighted by molar-refractivity contribution is 0.175. The molecule has 0 aliphatic heterocycles. The predicted octanol–water partition coefficient (Wildman–Crippen LogP) is 2.90. The molecule has 0 fully saturated rings. The molecule has 0 spiro atoms. The van der Waals surface area contributed by atoms with Crippen molar-refractivity contribution in [3.63, 3.8) is 0 Å². The van der Waals surface area contributed by atoms with Crippen LogP contribution in [0, 0.1) is 0 Å².